The molecule has 3 fully saturated rings. The van der Waals surface area contributed by atoms with E-state index in [4.69, 9.17) is 0 Å². The SMILES string of the molecule is CS(=O)(=O)N1CCN(CCNc2ccc(CN3CCC4(CC3)CN(c3ncnc5ccc(CC(F)(F)F)cc35)C4)cc2C#N)CC1. The minimum atomic E-state index is -4.27. The molecule has 1 spiro atoms. The van der Waals surface area contributed by atoms with Crippen LogP contribution in [0.15, 0.2) is 42.7 Å². The Morgan fingerprint density at radius 2 is 1.67 bits per heavy atom. The molecule has 0 unspecified atom stereocenters. The summed E-state index contributed by atoms with van der Waals surface area (Å²) < 4.78 is 64.0. The van der Waals surface area contributed by atoms with Crippen molar-refractivity contribution in [2.24, 2.45) is 5.41 Å². The fourth-order valence-electron chi connectivity index (χ4n) is 6.93. The first-order valence-electron chi connectivity index (χ1n) is 15.6. The third-order valence-electron chi connectivity index (χ3n) is 9.51. The van der Waals surface area contributed by atoms with Gasteiger partial charge < -0.3 is 10.2 Å². The van der Waals surface area contributed by atoms with Crippen LogP contribution in [0.5, 0.6) is 0 Å². The Morgan fingerprint density at radius 3 is 2.35 bits per heavy atom. The molecule has 246 valence electrons. The molecule has 2 aromatic carbocycles. The fraction of sp³-hybridized carbons (Fsp3) is 0.531. The van der Waals surface area contributed by atoms with Gasteiger partial charge in [0.25, 0.3) is 0 Å². The molecule has 3 aliphatic heterocycles. The molecule has 0 aliphatic carbocycles. The van der Waals surface area contributed by atoms with Gasteiger partial charge in [0.1, 0.15) is 18.2 Å². The minimum absolute atomic E-state index is 0.167. The van der Waals surface area contributed by atoms with Crippen molar-refractivity contribution in [1.82, 2.24) is 24.1 Å². The number of alkyl halides is 3. The summed E-state index contributed by atoms with van der Waals surface area (Å²) in [4.78, 5) is 15.5. The minimum Gasteiger partial charge on any atom is -0.383 e. The van der Waals surface area contributed by atoms with E-state index in [0.29, 0.717) is 55.0 Å². The van der Waals surface area contributed by atoms with Gasteiger partial charge in [-0.1, -0.05) is 12.1 Å². The van der Waals surface area contributed by atoms with E-state index < -0.39 is 22.6 Å². The van der Waals surface area contributed by atoms with Gasteiger partial charge in [0, 0.05) is 69.7 Å². The lowest BCUT2D eigenvalue weighted by Crippen LogP contribution is -2.60. The van der Waals surface area contributed by atoms with Crippen LogP contribution in [0.1, 0.15) is 29.5 Å². The summed E-state index contributed by atoms with van der Waals surface area (Å²) in [5.74, 6) is 0.703. The lowest BCUT2D eigenvalue weighted by Gasteiger charge is -2.54. The van der Waals surface area contributed by atoms with Crippen LogP contribution in [0, 0.1) is 16.7 Å². The van der Waals surface area contributed by atoms with E-state index >= 15 is 0 Å². The average molecular weight is 657 g/mol. The highest BCUT2D eigenvalue weighted by Crippen LogP contribution is 2.44. The van der Waals surface area contributed by atoms with E-state index in [1.807, 2.05) is 12.1 Å². The number of benzene rings is 2. The number of rotatable bonds is 9. The molecule has 0 bridgehead atoms. The second-order valence-corrected chi connectivity index (χ2v) is 14.9. The number of likely N-dealkylation sites (tertiary alicyclic amines) is 1. The number of fused-ring (bicyclic) bond motifs is 1. The molecule has 46 heavy (non-hydrogen) atoms. The number of aromatic nitrogens is 2. The van der Waals surface area contributed by atoms with Crippen molar-refractivity contribution in [3.63, 3.8) is 0 Å². The highest BCUT2D eigenvalue weighted by atomic mass is 32.2. The number of piperidine rings is 1. The van der Waals surface area contributed by atoms with E-state index in [-0.39, 0.29) is 11.0 Å². The van der Waals surface area contributed by atoms with Crippen molar-refractivity contribution in [2.45, 2.75) is 32.0 Å². The van der Waals surface area contributed by atoms with Gasteiger partial charge in [-0.2, -0.15) is 22.7 Å². The highest BCUT2D eigenvalue weighted by molar-refractivity contribution is 7.88. The average Bonchev–Trinajstić information content (AvgIpc) is 3.00. The molecule has 3 aromatic rings. The number of hydrogen-bond acceptors (Lipinski definition) is 9. The normalized spacial score (nSPS) is 19.7. The second kappa shape index (κ2) is 12.9. The number of nitrogens with one attached hydrogen (secondary N) is 1. The molecule has 3 saturated heterocycles. The predicted octanol–water partition coefficient (Wildman–Crippen LogP) is 3.70. The summed E-state index contributed by atoms with van der Waals surface area (Å²) in [6, 6.07) is 13.0. The topological polar surface area (TPSA) is 109 Å². The molecular weight excluding hydrogens is 617 g/mol. The van der Waals surface area contributed by atoms with E-state index in [1.54, 1.807) is 12.1 Å². The number of piperazine rings is 1. The summed E-state index contributed by atoms with van der Waals surface area (Å²) in [5.41, 5.74) is 3.53. The van der Waals surface area contributed by atoms with E-state index in [0.717, 1.165) is 63.4 Å². The lowest BCUT2D eigenvalue weighted by molar-refractivity contribution is -0.127. The third-order valence-corrected chi connectivity index (χ3v) is 10.8. The zero-order valence-corrected chi connectivity index (χ0v) is 26.7. The standard InChI is InChI=1S/C32H39F3N8O2S/c1-46(44,45)43-14-12-40(13-15-43)11-8-37-28-4-3-25(16-26(28)19-36)20-41-9-6-31(7-10-41)21-42(22-31)30-27-17-24(18-32(33,34)35)2-5-29(27)38-23-39-30/h2-5,16-17,23,37H,6-15,18,20-22H2,1H3. The van der Waals surface area contributed by atoms with Gasteiger partial charge >= 0.3 is 6.18 Å². The number of sulfonamides is 1. The highest BCUT2D eigenvalue weighted by Gasteiger charge is 2.45. The Morgan fingerprint density at radius 1 is 0.957 bits per heavy atom. The third kappa shape index (κ3) is 7.54. The maximum Gasteiger partial charge on any atom is 0.393 e. The van der Waals surface area contributed by atoms with Gasteiger partial charge in [-0.05, 0) is 61.3 Å². The van der Waals surface area contributed by atoms with Crippen molar-refractivity contribution in [2.75, 3.05) is 81.9 Å². The maximum atomic E-state index is 13.0. The molecule has 14 heteroatoms. The number of nitriles is 1. The molecule has 1 N–H and O–H groups in total. The zero-order chi connectivity index (χ0) is 32.5. The summed E-state index contributed by atoms with van der Waals surface area (Å²) in [6.45, 7) is 8.09. The van der Waals surface area contributed by atoms with Crippen LogP contribution >= 0.6 is 0 Å². The van der Waals surface area contributed by atoms with Gasteiger partial charge in [0.15, 0.2) is 0 Å². The summed E-state index contributed by atoms with van der Waals surface area (Å²) >= 11 is 0. The van der Waals surface area contributed by atoms with E-state index in [2.05, 4.69) is 42.1 Å². The second-order valence-electron chi connectivity index (χ2n) is 12.9. The molecule has 1 aromatic heterocycles. The molecule has 3 aliphatic rings. The first kappa shape index (κ1) is 32.4. The van der Waals surface area contributed by atoms with Gasteiger partial charge in [0.2, 0.25) is 10.0 Å². The van der Waals surface area contributed by atoms with Crippen LogP contribution < -0.4 is 10.2 Å². The van der Waals surface area contributed by atoms with Crippen LogP contribution in [0.25, 0.3) is 10.9 Å². The molecule has 0 radical (unpaired) electrons. The van der Waals surface area contributed by atoms with Crippen LogP contribution in [-0.4, -0.2) is 110 Å². The van der Waals surface area contributed by atoms with Crippen molar-refractivity contribution in [1.29, 1.82) is 5.26 Å². The Labute approximate surface area is 267 Å². The van der Waals surface area contributed by atoms with Crippen LogP contribution in [0.4, 0.5) is 24.7 Å². The largest absolute Gasteiger partial charge is 0.393 e. The number of nitrogens with zero attached hydrogens (tertiary/aromatic N) is 7. The van der Waals surface area contributed by atoms with E-state index in [9.17, 15) is 26.9 Å². The smallest absolute Gasteiger partial charge is 0.383 e. The van der Waals surface area contributed by atoms with Gasteiger partial charge in [-0.3, -0.25) is 9.80 Å². The number of hydrogen-bond donors (Lipinski definition) is 1. The van der Waals surface area contributed by atoms with Crippen molar-refractivity contribution >= 4 is 32.4 Å². The van der Waals surface area contributed by atoms with Crippen molar-refractivity contribution < 1.29 is 21.6 Å². The Bertz CT molecular complexity index is 1700. The summed E-state index contributed by atoms with van der Waals surface area (Å²) in [5, 5.41) is 13.9. The summed E-state index contributed by atoms with van der Waals surface area (Å²) in [6.07, 6.45) is -0.467. The number of halogens is 3. The van der Waals surface area contributed by atoms with Crippen molar-refractivity contribution in [3.8, 4) is 6.07 Å². The lowest BCUT2D eigenvalue weighted by atomic mass is 9.72. The van der Waals surface area contributed by atoms with Crippen LogP contribution in [-0.2, 0) is 23.0 Å². The Balaban J connectivity index is 0.984. The first-order chi connectivity index (χ1) is 21.9. The van der Waals surface area contributed by atoms with Crippen molar-refractivity contribution in [3.05, 3.63) is 59.4 Å². The molecule has 0 atom stereocenters. The van der Waals surface area contributed by atoms with Crippen LogP contribution in [0.3, 0.4) is 0 Å². The first-order valence-corrected chi connectivity index (χ1v) is 17.5. The molecule has 0 saturated carbocycles. The zero-order valence-electron chi connectivity index (χ0n) is 25.9. The van der Waals surface area contributed by atoms with Gasteiger partial charge in [-0.15, -0.1) is 0 Å². The summed E-state index contributed by atoms with van der Waals surface area (Å²) in [7, 11) is -3.15. The molecular formula is C32H39F3N8O2S. The predicted molar refractivity (Wildman–Crippen MR) is 171 cm³/mol. The molecule has 10 nitrogen and oxygen atoms in total. The maximum absolute atomic E-state index is 13.0. The monoisotopic (exact) mass is 656 g/mol. The van der Waals surface area contributed by atoms with Gasteiger partial charge in [-0.25, -0.2) is 18.4 Å². The molecule has 6 rings (SSSR count). The van der Waals surface area contributed by atoms with Crippen LogP contribution in [0.2, 0.25) is 0 Å². The molecule has 4 heterocycles. The Kier molecular flexibility index (Phi) is 9.13. The number of anilines is 2. The Hall–Kier alpha value is -3.51. The quantitative estimate of drug-likeness (QED) is 0.369. The van der Waals surface area contributed by atoms with Gasteiger partial charge in [0.05, 0.1) is 29.4 Å². The molecule has 0 amide bonds. The van der Waals surface area contributed by atoms with E-state index in [1.165, 1.54) is 23.0 Å². The fourth-order valence-corrected chi connectivity index (χ4v) is 7.75.